The summed E-state index contributed by atoms with van der Waals surface area (Å²) in [6.45, 7) is 0. The van der Waals surface area contributed by atoms with Gasteiger partial charge >= 0.3 is 0 Å². The van der Waals surface area contributed by atoms with E-state index in [-0.39, 0.29) is 5.92 Å². The third-order valence-electron chi connectivity index (χ3n) is 1.14. The highest BCUT2D eigenvalue weighted by atomic mass is 33.1. The fourth-order valence-corrected chi connectivity index (χ4v) is 3.19. The minimum absolute atomic E-state index is 0.218. The predicted octanol–water partition coefficient (Wildman–Crippen LogP) is 0.841. The smallest absolute Gasteiger partial charge is 0.0487 e. The van der Waals surface area contributed by atoms with Crippen molar-refractivity contribution in [3.8, 4) is 12.3 Å². The first kappa shape index (κ1) is 7.20. The van der Waals surface area contributed by atoms with E-state index in [9.17, 15) is 0 Å². The monoisotopic (exact) mass is 174 g/mol. The van der Waals surface area contributed by atoms with Gasteiger partial charge in [-0.15, -0.1) is 6.42 Å². The van der Waals surface area contributed by atoms with E-state index < -0.39 is 7.15 Å². The van der Waals surface area contributed by atoms with Crippen molar-refractivity contribution >= 4 is 29.5 Å². The number of hydrogen-bond donors (Lipinski definition) is 0. The van der Waals surface area contributed by atoms with Gasteiger partial charge in [0.15, 0.2) is 0 Å². The van der Waals surface area contributed by atoms with Gasteiger partial charge in [-0.3, -0.25) is 0 Å². The molecule has 0 fully saturated rings. The maximum Gasteiger partial charge on any atom is 0.0487 e. The van der Waals surface area contributed by atoms with Crippen molar-refractivity contribution in [3.05, 3.63) is 11.5 Å². The summed E-state index contributed by atoms with van der Waals surface area (Å²) in [5.74, 6) is 3.67. The fourth-order valence-electron chi connectivity index (χ4n) is 0.680. The highest BCUT2D eigenvalue weighted by Gasteiger charge is 2.12. The Morgan fingerprint density at radius 3 is 2.56 bits per heavy atom. The Morgan fingerprint density at radius 2 is 2.33 bits per heavy atom. The van der Waals surface area contributed by atoms with E-state index in [1.54, 1.807) is 0 Å². The molecular formula is C6H6S3. The van der Waals surface area contributed by atoms with Gasteiger partial charge in [0, 0.05) is 11.7 Å². The average Bonchev–Trinajstić information content (AvgIpc) is 2.10. The summed E-state index contributed by atoms with van der Waals surface area (Å²) in [5.41, 5.74) is 0. The molecule has 1 heterocycles. The first-order valence-electron chi connectivity index (χ1n) is 2.51. The summed E-state index contributed by atoms with van der Waals surface area (Å²) in [6, 6.07) is 0. The van der Waals surface area contributed by atoms with Crippen LogP contribution in [0.3, 0.4) is 0 Å². The zero-order chi connectivity index (χ0) is 6.91. The van der Waals surface area contributed by atoms with Crippen LogP contribution in [0.5, 0.6) is 0 Å². The molecule has 1 unspecified atom stereocenters. The summed E-state index contributed by atoms with van der Waals surface area (Å²) in [5, 5.41) is 1.92. The number of terminal acetylenes is 1. The van der Waals surface area contributed by atoms with Crippen LogP contribution in [0.2, 0.25) is 0 Å². The molecule has 1 aliphatic rings. The maximum atomic E-state index is 5.17. The van der Waals surface area contributed by atoms with Gasteiger partial charge in [0.1, 0.15) is 0 Å². The van der Waals surface area contributed by atoms with Crippen molar-refractivity contribution in [3.63, 3.8) is 0 Å². The summed E-state index contributed by atoms with van der Waals surface area (Å²) < 4.78 is 0. The van der Waals surface area contributed by atoms with Crippen LogP contribution in [-0.2, 0) is 29.5 Å². The van der Waals surface area contributed by atoms with Gasteiger partial charge in [-0.05, 0) is 27.8 Å². The van der Waals surface area contributed by atoms with Crippen LogP contribution in [0.25, 0.3) is 0 Å². The van der Waals surface area contributed by atoms with E-state index >= 15 is 0 Å². The van der Waals surface area contributed by atoms with Gasteiger partial charge in [0.05, 0.1) is 0 Å². The molecule has 0 saturated heterocycles. The minimum Gasteiger partial charge on any atom is -0.119 e. The third-order valence-corrected chi connectivity index (χ3v) is 4.02. The van der Waals surface area contributed by atoms with E-state index in [4.69, 9.17) is 28.8 Å². The molecule has 1 rings (SSSR count). The van der Waals surface area contributed by atoms with Gasteiger partial charge in [0.25, 0.3) is 0 Å². The van der Waals surface area contributed by atoms with Crippen LogP contribution in [0.1, 0.15) is 0 Å². The Balaban J connectivity index is 2.87. The van der Waals surface area contributed by atoms with Crippen LogP contribution in [0.15, 0.2) is 11.5 Å². The Hall–Kier alpha value is 0.0900. The van der Waals surface area contributed by atoms with E-state index in [0.29, 0.717) is 0 Å². The first-order valence-corrected chi connectivity index (χ1v) is 6.23. The second-order valence-corrected chi connectivity index (χ2v) is 8.06. The lowest BCUT2D eigenvalue weighted by Crippen LogP contribution is -1.99. The van der Waals surface area contributed by atoms with E-state index in [2.05, 4.69) is 5.92 Å². The molecule has 0 bridgehead atoms. The van der Waals surface area contributed by atoms with Gasteiger partial charge in [-0.2, -0.15) is 0 Å². The SMILES string of the molecule is C#CC1C=CS(=S)(=S)C1. The zero-order valence-electron chi connectivity index (χ0n) is 4.74. The molecule has 9 heavy (non-hydrogen) atoms. The minimum atomic E-state index is -1.26. The molecule has 0 aromatic rings. The lowest BCUT2D eigenvalue weighted by molar-refractivity contribution is 1.02. The zero-order valence-corrected chi connectivity index (χ0v) is 7.19. The van der Waals surface area contributed by atoms with Gasteiger partial charge < -0.3 is 0 Å². The molecule has 0 aromatic heterocycles. The second-order valence-electron chi connectivity index (χ2n) is 1.93. The summed E-state index contributed by atoms with van der Waals surface area (Å²) in [4.78, 5) is 0. The van der Waals surface area contributed by atoms with E-state index in [1.807, 2.05) is 11.5 Å². The molecule has 0 aliphatic carbocycles. The summed E-state index contributed by atoms with van der Waals surface area (Å²) in [7, 11) is -1.26. The molecule has 0 spiro atoms. The van der Waals surface area contributed by atoms with Gasteiger partial charge in [-0.25, -0.2) is 0 Å². The lowest BCUT2D eigenvalue weighted by atomic mass is 10.2. The molecule has 3 heteroatoms. The van der Waals surface area contributed by atoms with Crippen molar-refractivity contribution in [2.75, 3.05) is 5.75 Å². The van der Waals surface area contributed by atoms with Gasteiger partial charge in [-0.1, -0.05) is 19.1 Å². The van der Waals surface area contributed by atoms with Crippen molar-refractivity contribution in [1.82, 2.24) is 0 Å². The standard InChI is InChI=1S/C6H6S3/c1-2-6-3-4-9(7,8)5-6/h1,3-4,6H,5H2. The molecule has 0 aromatic carbocycles. The Bertz CT molecular complexity index is 263. The molecule has 0 nitrogen and oxygen atoms in total. The summed E-state index contributed by atoms with van der Waals surface area (Å²) >= 11 is 10.1. The maximum absolute atomic E-state index is 5.17. The van der Waals surface area contributed by atoms with Crippen LogP contribution in [0.4, 0.5) is 0 Å². The highest BCUT2D eigenvalue weighted by Crippen LogP contribution is 2.14. The molecule has 1 atom stereocenters. The van der Waals surface area contributed by atoms with Crippen molar-refractivity contribution in [2.45, 2.75) is 0 Å². The predicted molar refractivity (Wildman–Crippen MR) is 48.4 cm³/mol. The topological polar surface area (TPSA) is 0 Å². The molecule has 0 N–H and O–H groups in total. The molecule has 48 valence electrons. The quantitative estimate of drug-likeness (QED) is 0.499. The number of rotatable bonds is 0. The fraction of sp³-hybridized carbons (Fsp3) is 0.333. The third kappa shape index (κ3) is 1.75. The second kappa shape index (κ2) is 2.37. The number of hydrogen-bond acceptors (Lipinski definition) is 2. The molecule has 0 radical (unpaired) electrons. The normalized spacial score (nSPS) is 29.9. The molecule has 0 saturated carbocycles. The lowest BCUT2D eigenvalue weighted by Gasteiger charge is -1.96. The number of allylic oxidation sites excluding steroid dienone is 1. The Labute approximate surface area is 65.1 Å². The average molecular weight is 174 g/mol. The van der Waals surface area contributed by atoms with E-state index in [1.165, 1.54) is 0 Å². The molecular weight excluding hydrogens is 168 g/mol. The van der Waals surface area contributed by atoms with Crippen LogP contribution >= 0.6 is 0 Å². The van der Waals surface area contributed by atoms with E-state index in [0.717, 1.165) is 5.75 Å². The highest BCUT2D eigenvalue weighted by molar-refractivity contribution is 8.57. The molecule has 1 aliphatic heterocycles. The van der Waals surface area contributed by atoms with Gasteiger partial charge in [0.2, 0.25) is 0 Å². The van der Waals surface area contributed by atoms with Crippen LogP contribution in [0, 0.1) is 18.3 Å². The van der Waals surface area contributed by atoms with Crippen LogP contribution in [-0.4, -0.2) is 5.75 Å². The van der Waals surface area contributed by atoms with Crippen molar-refractivity contribution in [1.29, 1.82) is 0 Å². The first-order chi connectivity index (χ1) is 4.14. The summed E-state index contributed by atoms with van der Waals surface area (Å²) in [6.07, 6.45) is 7.13. The Morgan fingerprint density at radius 1 is 1.67 bits per heavy atom. The van der Waals surface area contributed by atoms with Crippen molar-refractivity contribution in [2.24, 2.45) is 5.92 Å². The van der Waals surface area contributed by atoms with Crippen LogP contribution < -0.4 is 0 Å². The molecule has 0 amide bonds. The largest absolute Gasteiger partial charge is 0.119 e. The van der Waals surface area contributed by atoms with Crippen molar-refractivity contribution < 1.29 is 0 Å². The Kier molecular flexibility index (Phi) is 1.90.